The molecule has 0 radical (unpaired) electrons. The Balaban J connectivity index is 1.99. The monoisotopic (exact) mass is 341 g/mol. The van der Waals surface area contributed by atoms with Crippen LogP contribution in [0.3, 0.4) is 0 Å². The van der Waals surface area contributed by atoms with E-state index in [1.807, 2.05) is 50.2 Å². The Morgan fingerprint density at radius 3 is 2.33 bits per heavy atom. The van der Waals surface area contributed by atoms with Crippen molar-refractivity contribution in [1.82, 2.24) is 4.98 Å². The van der Waals surface area contributed by atoms with Crippen LogP contribution < -0.4 is 9.62 Å². The molecule has 24 heavy (non-hydrogen) atoms. The van der Waals surface area contributed by atoms with Gasteiger partial charge in [-0.1, -0.05) is 18.2 Å². The van der Waals surface area contributed by atoms with Gasteiger partial charge in [-0.05, 0) is 43.3 Å². The van der Waals surface area contributed by atoms with E-state index in [4.69, 9.17) is 0 Å². The highest BCUT2D eigenvalue weighted by Gasteiger charge is 2.16. The minimum Gasteiger partial charge on any atom is -0.378 e. The summed E-state index contributed by atoms with van der Waals surface area (Å²) in [6.45, 7) is 1.88. The fraction of sp³-hybridized carbons (Fsp3) is 0.167. The number of para-hydroxylation sites is 1. The number of aryl methyl sites for hydroxylation is 1. The first-order valence-electron chi connectivity index (χ1n) is 7.53. The number of nitrogens with one attached hydrogen (secondary N) is 1. The van der Waals surface area contributed by atoms with Gasteiger partial charge in [-0.25, -0.2) is 8.42 Å². The summed E-state index contributed by atoms with van der Waals surface area (Å²) in [5, 5.41) is 0.892. The Kier molecular flexibility index (Phi) is 4.15. The summed E-state index contributed by atoms with van der Waals surface area (Å²) in [6.07, 6.45) is 0. The lowest BCUT2D eigenvalue weighted by Gasteiger charge is -2.14. The van der Waals surface area contributed by atoms with Crippen LogP contribution in [0.5, 0.6) is 0 Å². The average Bonchev–Trinajstić information content (AvgIpc) is 2.55. The van der Waals surface area contributed by atoms with E-state index in [1.54, 1.807) is 30.3 Å². The summed E-state index contributed by atoms with van der Waals surface area (Å²) < 4.78 is 28.0. The largest absolute Gasteiger partial charge is 0.378 e. The zero-order chi connectivity index (χ0) is 17.3. The van der Waals surface area contributed by atoms with Crippen molar-refractivity contribution in [3.63, 3.8) is 0 Å². The number of nitrogens with zero attached hydrogens (tertiary/aromatic N) is 2. The molecule has 3 rings (SSSR count). The minimum absolute atomic E-state index is 0.220. The number of hydrogen-bond acceptors (Lipinski definition) is 4. The highest BCUT2D eigenvalue weighted by molar-refractivity contribution is 7.92. The smallest absolute Gasteiger partial charge is 0.261 e. The van der Waals surface area contributed by atoms with Crippen LogP contribution in [-0.2, 0) is 10.0 Å². The van der Waals surface area contributed by atoms with Crippen LogP contribution in [0.2, 0.25) is 0 Å². The first kappa shape index (κ1) is 16.3. The second-order valence-corrected chi connectivity index (χ2v) is 7.51. The van der Waals surface area contributed by atoms with Gasteiger partial charge in [-0.15, -0.1) is 0 Å². The van der Waals surface area contributed by atoms with Gasteiger partial charge in [0.25, 0.3) is 10.0 Å². The summed E-state index contributed by atoms with van der Waals surface area (Å²) in [5.74, 6) is 0. The molecule has 0 aliphatic rings. The predicted molar refractivity (Wildman–Crippen MR) is 98.1 cm³/mol. The maximum atomic E-state index is 12.7. The van der Waals surface area contributed by atoms with E-state index in [2.05, 4.69) is 9.71 Å². The van der Waals surface area contributed by atoms with E-state index >= 15 is 0 Å². The van der Waals surface area contributed by atoms with E-state index in [1.165, 1.54) is 0 Å². The van der Waals surface area contributed by atoms with E-state index < -0.39 is 10.0 Å². The lowest BCUT2D eigenvalue weighted by atomic mass is 10.2. The maximum absolute atomic E-state index is 12.7. The molecule has 6 heteroatoms. The lowest BCUT2D eigenvalue weighted by Crippen LogP contribution is -2.14. The van der Waals surface area contributed by atoms with Crippen LogP contribution in [0.4, 0.5) is 11.4 Å². The van der Waals surface area contributed by atoms with Gasteiger partial charge in [0, 0.05) is 30.9 Å². The summed E-state index contributed by atoms with van der Waals surface area (Å²) in [6, 6.07) is 16.0. The van der Waals surface area contributed by atoms with E-state index in [9.17, 15) is 8.42 Å². The molecule has 0 saturated carbocycles. The average molecular weight is 341 g/mol. The maximum Gasteiger partial charge on any atom is 0.261 e. The number of rotatable bonds is 4. The second-order valence-electron chi connectivity index (χ2n) is 5.82. The minimum atomic E-state index is -3.67. The molecule has 0 aliphatic heterocycles. The summed E-state index contributed by atoms with van der Waals surface area (Å²) in [4.78, 5) is 6.60. The van der Waals surface area contributed by atoms with Gasteiger partial charge in [0.2, 0.25) is 0 Å². The predicted octanol–water partition coefficient (Wildman–Crippen LogP) is 3.41. The molecule has 0 spiro atoms. The number of fused-ring (bicyclic) bond motifs is 1. The van der Waals surface area contributed by atoms with Crippen LogP contribution in [-0.4, -0.2) is 27.5 Å². The normalized spacial score (nSPS) is 11.5. The summed E-state index contributed by atoms with van der Waals surface area (Å²) >= 11 is 0. The van der Waals surface area contributed by atoms with E-state index in [-0.39, 0.29) is 4.90 Å². The number of sulfonamides is 1. The molecule has 1 heterocycles. The summed E-state index contributed by atoms with van der Waals surface area (Å²) in [5.41, 5.74) is 2.90. The van der Waals surface area contributed by atoms with Crippen LogP contribution in [0.25, 0.3) is 10.9 Å². The fourth-order valence-corrected chi connectivity index (χ4v) is 3.52. The number of aromatic nitrogens is 1. The molecule has 1 N–H and O–H groups in total. The van der Waals surface area contributed by atoms with Gasteiger partial charge in [-0.2, -0.15) is 0 Å². The standard InChI is InChI=1S/C18H19N3O2S/c1-13-7-8-14-5-4-6-17(18(14)19-13)20-24(22,23)16-11-9-15(10-12-16)21(2)3/h4-12,20H,1-3H3. The van der Waals surface area contributed by atoms with Crippen LogP contribution in [0, 0.1) is 6.92 Å². The molecule has 0 saturated heterocycles. The fourth-order valence-electron chi connectivity index (χ4n) is 2.45. The zero-order valence-electron chi connectivity index (χ0n) is 13.8. The molecule has 3 aromatic rings. The molecule has 5 nitrogen and oxygen atoms in total. The van der Waals surface area contributed by atoms with Gasteiger partial charge in [0.15, 0.2) is 0 Å². The molecule has 2 aromatic carbocycles. The van der Waals surface area contributed by atoms with Gasteiger partial charge < -0.3 is 4.90 Å². The first-order valence-corrected chi connectivity index (χ1v) is 9.02. The van der Waals surface area contributed by atoms with Crippen molar-refractivity contribution in [2.75, 3.05) is 23.7 Å². The molecule has 0 amide bonds. The number of pyridine rings is 1. The van der Waals surface area contributed by atoms with Crippen molar-refractivity contribution in [3.05, 3.63) is 60.3 Å². The highest BCUT2D eigenvalue weighted by Crippen LogP contribution is 2.25. The molecular formula is C18H19N3O2S. The highest BCUT2D eigenvalue weighted by atomic mass is 32.2. The third-order valence-corrected chi connectivity index (χ3v) is 5.15. The van der Waals surface area contributed by atoms with Gasteiger partial charge in [0.1, 0.15) is 0 Å². The van der Waals surface area contributed by atoms with Crippen molar-refractivity contribution < 1.29 is 8.42 Å². The summed E-state index contributed by atoms with van der Waals surface area (Å²) in [7, 11) is 0.149. The topological polar surface area (TPSA) is 62.3 Å². The third-order valence-electron chi connectivity index (χ3n) is 3.77. The lowest BCUT2D eigenvalue weighted by molar-refractivity contribution is 0.601. The van der Waals surface area contributed by atoms with Crippen LogP contribution >= 0.6 is 0 Å². The molecule has 124 valence electrons. The van der Waals surface area contributed by atoms with E-state index in [0.29, 0.717) is 11.2 Å². The van der Waals surface area contributed by atoms with Crippen molar-refractivity contribution in [2.24, 2.45) is 0 Å². The molecule has 0 atom stereocenters. The quantitative estimate of drug-likeness (QED) is 0.790. The van der Waals surface area contributed by atoms with Gasteiger partial charge in [0.05, 0.1) is 16.1 Å². The Morgan fingerprint density at radius 1 is 0.958 bits per heavy atom. The number of hydrogen-bond donors (Lipinski definition) is 1. The molecule has 0 fully saturated rings. The van der Waals surface area contributed by atoms with Gasteiger partial charge >= 0.3 is 0 Å². The molecular weight excluding hydrogens is 322 g/mol. The Hall–Kier alpha value is -2.60. The number of anilines is 2. The molecule has 0 bridgehead atoms. The zero-order valence-corrected chi connectivity index (χ0v) is 14.6. The van der Waals surface area contributed by atoms with Gasteiger partial charge in [-0.3, -0.25) is 9.71 Å². The van der Waals surface area contributed by atoms with Crippen molar-refractivity contribution >= 4 is 32.3 Å². The second kappa shape index (κ2) is 6.13. The SMILES string of the molecule is Cc1ccc2cccc(NS(=O)(=O)c3ccc(N(C)C)cc3)c2n1. The first-order chi connectivity index (χ1) is 11.4. The molecule has 0 unspecified atom stereocenters. The third kappa shape index (κ3) is 3.19. The Labute approximate surface area is 142 Å². The molecule has 1 aromatic heterocycles. The Morgan fingerprint density at radius 2 is 1.67 bits per heavy atom. The van der Waals surface area contributed by atoms with Crippen LogP contribution in [0.15, 0.2) is 59.5 Å². The van der Waals surface area contributed by atoms with Crippen molar-refractivity contribution in [1.29, 1.82) is 0 Å². The van der Waals surface area contributed by atoms with Crippen molar-refractivity contribution in [2.45, 2.75) is 11.8 Å². The van der Waals surface area contributed by atoms with E-state index in [0.717, 1.165) is 16.8 Å². The molecule has 0 aliphatic carbocycles. The van der Waals surface area contributed by atoms with Crippen molar-refractivity contribution in [3.8, 4) is 0 Å². The van der Waals surface area contributed by atoms with Crippen LogP contribution in [0.1, 0.15) is 5.69 Å². The Bertz CT molecular complexity index is 981. The number of benzene rings is 2.